The lowest BCUT2D eigenvalue weighted by molar-refractivity contribution is 1.10. The van der Waals surface area contributed by atoms with Crippen LogP contribution in [0.4, 0.5) is 11.6 Å². The van der Waals surface area contributed by atoms with Gasteiger partial charge in [0.25, 0.3) is 0 Å². The van der Waals surface area contributed by atoms with Gasteiger partial charge in [-0.05, 0) is 18.2 Å². The molecule has 0 unspecified atom stereocenters. The molecular formula is C19H15N5. The largest absolute Gasteiger partial charge is 0.324 e. The minimum absolute atomic E-state index is 0.555. The third-order valence-corrected chi connectivity index (χ3v) is 3.66. The van der Waals surface area contributed by atoms with Crippen molar-refractivity contribution in [3.8, 4) is 22.5 Å². The molecule has 0 aliphatic carbocycles. The number of nitrogens with zero attached hydrogens (tertiary/aromatic N) is 3. The summed E-state index contributed by atoms with van der Waals surface area (Å²) < 4.78 is 0. The molecule has 0 saturated heterocycles. The molecule has 2 heterocycles. The van der Waals surface area contributed by atoms with Gasteiger partial charge in [-0.3, -0.25) is 5.10 Å². The maximum atomic E-state index is 4.61. The Hall–Kier alpha value is -3.47. The number of aromatic nitrogens is 4. The van der Waals surface area contributed by atoms with E-state index in [-0.39, 0.29) is 0 Å². The third-order valence-electron chi connectivity index (χ3n) is 3.66. The van der Waals surface area contributed by atoms with E-state index in [0.29, 0.717) is 5.95 Å². The van der Waals surface area contributed by atoms with Crippen LogP contribution in [0.15, 0.2) is 79.1 Å². The maximum Gasteiger partial charge on any atom is 0.227 e. The lowest BCUT2D eigenvalue weighted by Gasteiger charge is -2.07. The van der Waals surface area contributed by atoms with Crippen LogP contribution < -0.4 is 5.32 Å². The van der Waals surface area contributed by atoms with E-state index in [2.05, 4.69) is 25.5 Å². The first-order valence-corrected chi connectivity index (χ1v) is 7.64. The van der Waals surface area contributed by atoms with Crippen LogP contribution in [0.5, 0.6) is 0 Å². The molecule has 0 fully saturated rings. The first-order valence-electron chi connectivity index (χ1n) is 7.64. The number of benzene rings is 2. The average molecular weight is 313 g/mol. The lowest BCUT2D eigenvalue weighted by Crippen LogP contribution is -1.97. The highest BCUT2D eigenvalue weighted by molar-refractivity contribution is 5.78. The minimum Gasteiger partial charge on any atom is -0.324 e. The Morgan fingerprint density at radius 1 is 0.833 bits per heavy atom. The molecule has 4 aromatic rings. The van der Waals surface area contributed by atoms with Gasteiger partial charge in [-0.25, -0.2) is 9.97 Å². The molecule has 0 amide bonds. The highest BCUT2D eigenvalue weighted by Crippen LogP contribution is 2.29. The fourth-order valence-electron chi connectivity index (χ4n) is 2.52. The summed E-state index contributed by atoms with van der Waals surface area (Å²) in [5.41, 5.74) is 4.72. The molecule has 0 atom stereocenters. The zero-order valence-corrected chi connectivity index (χ0v) is 12.8. The van der Waals surface area contributed by atoms with Crippen molar-refractivity contribution in [3.05, 3.63) is 79.1 Å². The fourth-order valence-corrected chi connectivity index (χ4v) is 2.52. The summed E-state index contributed by atoms with van der Waals surface area (Å²) in [5, 5.41) is 10.5. The number of para-hydroxylation sites is 1. The molecular weight excluding hydrogens is 298 g/mol. The maximum absolute atomic E-state index is 4.61. The number of nitrogens with one attached hydrogen (secondary N) is 2. The predicted octanol–water partition coefficient (Wildman–Crippen LogP) is 4.28. The Balaban J connectivity index is 1.69. The smallest absolute Gasteiger partial charge is 0.227 e. The van der Waals surface area contributed by atoms with Crippen LogP contribution in [0, 0.1) is 0 Å². The highest BCUT2D eigenvalue weighted by atomic mass is 15.1. The summed E-state index contributed by atoms with van der Waals surface area (Å²) in [6.07, 6.45) is 3.53. The number of hydrogen-bond acceptors (Lipinski definition) is 4. The van der Waals surface area contributed by atoms with Gasteiger partial charge in [0.1, 0.15) is 0 Å². The summed E-state index contributed by atoms with van der Waals surface area (Å²) >= 11 is 0. The number of anilines is 2. The van der Waals surface area contributed by atoms with Crippen molar-refractivity contribution in [1.82, 2.24) is 20.2 Å². The average Bonchev–Trinajstić information content (AvgIpc) is 3.13. The van der Waals surface area contributed by atoms with Gasteiger partial charge in [-0.15, -0.1) is 0 Å². The second-order valence-electron chi connectivity index (χ2n) is 5.28. The van der Waals surface area contributed by atoms with Crippen LogP contribution in [0.1, 0.15) is 0 Å². The second-order valence-corrected chi connectivity index (χ2v) is 5.28. The van der Waals surface area contributed by atoms with Crippen molar-refractivity contribution in [2.45, 2.75) is 0 Å². The van der Waals surface area contributed by atoms with Crippen molar-refractivity contribution in [1.29, 1.82) is 0 Å². The quantitative estimate of drug-likeness (QED) is 0.590. The van der Waals surface area contributed by atoms with Crippen molar-refractivity contribution in [2.75, 3.05) is 5.32 Å². The van der Waals surface area contributed by atoms with Crippen LogP contribution in [0.25, 0.3) is 22.5 Å². The fraction of sp³-hybridized carbons (Fsp3) is 0. The van der Waals surface area contributed by atoms with Crippen molar-refractivity contribution in [2.24, 2.45) is 0 Å². The summed E-state index contributed by atoms with van der Waals surface area (Å²) in [4.78, 5) is 8.91. The summed E-state index contributed by atoms with van der Waals surface area (Å²) in [5.74, 6) is 0.555. The molecule has 2 aromatic heterocycles. The van der Waals surface area contributed by atoms with E-state index in [4.69, 9.17) is 0 Å². The molecule has 0 saturated carbocycles. The third kappa shape index (κ3) is 2.87. The Morgan fingerprint density at radius 3 is 2.38 bits per heavy atom. The molecule has 116 valence electrons. The molecule has 4 rings (SSSR count). The van der Waals surface area contributed by atoms with E-state index in [9.17, 15) is 0 Å². The van der Waals surface area contributed by atoms with Crippen molar-refractivity contribution < 1.29 is 0 Å². The van der Waals surface area contributed by atoms with Crippen LogP contribution in [-0.4, -0.2) is 20.2 Å². The first kappa shape index (κ1) is 14.1. The van der Waals surface area contributed by atoms with Gasteiger partial charge in [0, 0.05) is 23.0 Å². The van der Waals surface area contributed by atoms with Crippen molar-refractivity contribution in [3.63, 3.8) is 0 Å². The molecule has 2 N–H and O–H groups in total. The van der Waals surface area contributed by atoms with Crippen LogP contribution >= 0.6 is 0 Å². The van der Waals surface area contributed by atoms with E-state index in [1.165, 1.54) is 0 Å². The van der Waals surface area contributed by atoms with Gasteiger partial charge in [-0.1, -0.05) is 48.5 Å². The minimum atomic E-state index is 0.555. The highest BCUT2D eigenvalue weighted by Gasteiger charge is 2.11. The molecule has 24 heavy (non-hydrogen) atoms. The summed E-state index contributed by atoms with van der Waals surface area (Å²) in [7, 11) is 0. The van der Waals surface area contributed by atoms with E-state index in [0.717, 1.165) is 28.2 Å². The van der Waals surface area contributed by atoms with E-state index in [1.807, 2.05) is 66.7 Å². The molecule has 0 radical (unpaired) electrons. The zero-order valence-electron chi connectivity index (χ0n) is 12.8. The molecule has 0 bridgehead atoms. The van der Waals surface area contributed by atoms with Crippen molar-refractivity contribution >= 4 is 11.6 Å². The lowest BCUT2D eigenvalue weighted by atomic mass is 10.1. The van der Waals surface area contributed by atoms with E-state index >= 15 is 0 Å². The van der Waals surface area contributed by atoms with Crippen LogP contribution in [-0.2, 0) is 0 Å². The molecule has 0 aliphatic rings. The van der Waals surface area contributed by atoms with Gasteiger partial charge in [0.2, 0.25) is 5.95 Å². The van der Waals surface area contributed by atoms with Crippen LogP contribution in [0.2, 0.25) is 0 Å². The number of aromatic amines is 1. The number of hydrogen-bond donors (Lipinski definition) is 2. The Morgan fingerprint density at radius 2 is 1.58 bits per heavy atom. The van der Waals surface area contributed by atoms with E-state index < -0.39 is 0 Å². The number of H-pyrrole nitrogens is 1. The van der Waals surface area contributed by atoms with Gasteiger partial charge in [-0.2, -0.15) is 5.10 Å². The second kappa shape index (κ2) is 6.34. The molecule has 5 heteroatoms. The topological polar surface area (TPSA) is 66.5 Å². The molecule has 5 nitrogen and oxygen atoms in total. The Labute approximate surface area is 139 Å². The molecule has 2 aromatic carbocycles. The monoisotopic (exact) mass is 313 g/mol. The molecule has 0 spiro atoms. The van der Waals surface area contributed by atoms with Crippen LogP contribution in [0.3, 0.4) is 0 Å². The normalized spacial score (nSPS) is 10.5. The predicted molar refractivity (Wildman–Crippen MR) is 94.8 cm³/mol. The summed E-state index contributed by atoms with van der Waals surface area (Å²) in [6.45, 7) is 0. The SMILES string of the molecule is c1ccc(Nc2nccc(-c3cn[nH]c3-c3ccccc3)n2)cc1. The standard InChI is InChI=1S/C19H15N5/c1-3-7-14(8-4-1)18-16(13-21-24-18)17-11-12-20-19(23-17)22-15-9-5-2-6-10-15/h1-13H,(H,21,24)(H,20,22,23). The van der Waals surface area contributed by atoms with E-state index in [1.54, 1.807) is 12.4 Å². The van der Waals surface area contributed by atoms with Gasteiger partial charge < -0.3 is 5.32 Å². The Bertz CT molecular complexity index is 932. The Kier molecular flexibility index (Phi) is 3.73. The number of rotatable bonds is 4. The van der Waals surface area contributed by atoms with Gasteiger partial charge in [0.05, 0.1) is 17.6 Å². The first-order chi connectivity index (χ1) is 11.9. The zero-order chi connectivity index (χ0) is 16.2. The molecule has 0 aliphatic heterocycles. The summed E-state index contributed by atoms with van der Waals surface area (Å²) in [6, 6.07) is 21.8. The van der Waals surface area contributed by atoms with Gasteiger partial charge in [0.15, 0.2) is 0 Å². The van der Waals surface area contributed by atoms with Gasteiger partial charge >= 0.3 is 0 Å².